The Hall–Kier alpha value is -1.10. The second-order valence-electron chi connectivity index (χ2n) is 4.64. The fourth-order valence-electron chi connectivity index (χ4n) is 1.98. The van der Waals surface area contributed by atoms with Gasteiger partial charge in [-0.15, -0.1) is 0 Å². The van der Waals surface area contributed by atoms with Crippen LogP contribution in [0.3, 0.4) is 0 Å². The van der Waals surface area contributed by atoms with E-state index in [2.05, 4.69) is 17.4 Å². The maximum Gasteiger partial charge on any atom is 0.265 e. The Morgan fingerprint density at radius 1 is 1.28 bits per heavy atom. The van der Waals surface area contributed by atoms with E-state index in [0.29, 0.717) is 10.6 Å². The number of piperazine rings is 1. The van der Waals surface area contributed by atoms with Crippen LogP contribution in [-0.4, -0.2) is 49.0 Å². The minimum absolute atomic E-state index is 0.0837. The number of nitrogens with zero attached hydrogens (tertiary/aromatic N) is 2. The predicted octanol–water partition coefficient (Wildman–Crippen LogP) is 1.54. The molecule has 1 N–H and O–H groups in total. The van der Waals surface area contributed by atoms with Crippen molar-refractivity contribution in [1.29, 1.82) is 0 Å². The zero-order valence-electron chi connectivity index (χ0n) is 10.7. The minimum atomic E-state index is -0.0837. The first kappa shape index (κ1) is 13.3. The van der Waals surface area contributed by atoms with Crippen molar-refractivity contribution in [3.8, 4) is 0 Å². The predicted molar refractivity (Wildman–Crippen MR) is 72.7 cm³/mol. The third kappa shape index (κ3) is 3.02. The molecule has 1 aromatic carbocycles. The molecule has 0 aromatic heterocycles. The second-order valence-corrected chi connectivity index (χ2v) is 5.05. The molecule has 1 aliphatic rings. The number of hydrogen-bond acceptors (Lipinski definition) is 3. The van der Waals surface area contributed by atoms with E-state index in [4.69, 9.17) is 11.6 Å². The molecule has 0 bridgehead atoms. The molecule has 1 aromatic rings. The Bertz CT molecular complexity index is 442. The van der Waals surface area contributed by atoms with Crippen LogP contribution in [0.25, 0.3) is 0 Å². The molecule has 1 saturated heterocycles. The summed E-state index contributed by atoms with van der Waals surface area (Å²) in [5.74, 6) is -0.0837. The van der Waals surface area contributed by atoms with E-state index in [-0.39, 0.29) is 5.91 Å². The summed E-state index contributed by atoms with van der Waals surface area (Å²) in [4.78, 5) is 14.4. The summed E-state index contributed by atoms with van der Waals surface area (Å²) in [6.45, 7) is 5.49. The number of halogens is 1. The molecule has 2 rings (SSSR count). The fourth-order valence-corrected chi connectivity index (χ4v) is 2.15. The van der Waals surface area contributed by atoms with E-state index >= 15 is 0 Å². The summed E-state index contributed by atoms with van der Waals surface area (Å²) in [5, 5.41) is 2.59. The summed E-state index contributed by atoms with van der Waals surface area (Å²) in [5.41, 5.74) is 4.40. The van der Waals surface area contributed by atoms with Crippen LogP contribution >= 0.6 is 11.6 Å². The minimum Gasteiger partial charge on any atom is -0.304 e. The lowest BCUT2D eigenvalue weighted by Gasteiger charge is -2.32. The average molecular weight is 268 g/mol. The summed E-state index contributed by atoms with van der Waals surface area (Å²) in [6, 6.07) is 5.39. The van der Waals surface area contributed by atoms with Gasteiger partial charge in [0.2, 0.25) is 0 Å². The van der Waals surface area contributed by atoms with Gasteiger partial charge in [0.05, 0.1) is 0 Å². The Morgan fingerprint density at radius 3 is 2.61 bits per heavy atom. The average Bonchev–Trinajstić information content (AvgIpc) is 2.35. The van der Waals surface area contributed by atoms with E-state index in [1.165, 1.54) is 0 Å². The number of likely N-dealkylation sites (N-methyl/N-ethyl adjacent to an activating group) is 1. The van der Waals surface area contributed by atoms with Gasteiger partial charge in [0, 0.05) is 36.8 Å². The Balaban J connectivity index is 2.01. The molecular weight excluding hydrogens is 250 g/mol. The lowest BCUT2D eigenvalue weighted by molar-refractivity contribution is 0.0662. The van der Waals surface area contributed by atoms with E-state index in [9.17, 15) is 4.79 Å². The molecular formula is C13H18ClN3O. The van der Waals surface area contributed by atoms with Crippen molar-refractivity contribution in [2.24, 2.45) is 0 Å². The number of rotatable bonds is 2. The smallest absolute Gasteiger partial charge is 0.265 e. The molecule has 1 heterocycles. The van der Waals surface area contributed by atoms with E-state index in [0.717, 1.165) is 31.7 Å². The molecule has 0 spiro atoms. The van der Waals surface area contributed by atoms with Crippen molar-refractivity contribution >= 4 is 17.5 Å². The molecule has 98 valence electrons. The van der Waals surface area contributed by atoms with Crippen LogP contribution in [-0.2, 0) is 0 Å². The Kier molecular flexibility index (Phi) is 4.22. The number of hydrazine groups is 1. The summed E-state index contributed by atoms with van der Waals surface area (Å²) in [7, 11) is 2.08. The van der Waals surface area contributed by atoms with Crippen LogP contribution in [0.1, 0.15) is 15.9 Å². The topological polar surface area (TPSA) is 35.6 Å². The summed E-state index contributed by atoms with van der Waals surface area (Å²) in [6.07, 6.45) is 0. The molecule has 0 unspecified atom stereocenters. The molecule has 1 fully saturated rings. The largest absolute Gasteiger partial charge is 0.304 e. The van der Waals surface area contributed by atoms with E-state index in [1.54, 1.807) is 18.2 Å². The molecule has 0 atom stereocenters. The van der Waals surface area contributed by atoms with Gasteiger partial charge in [0.1, 0.15) is 0 Å². The molecule has 1 amide bonds. The number of amides is 1. The number of benzene rings is 1. The van der Waals surface area contributed by atoms with Crippen molar-refractivity contribution in [1.82, 2.24) is 15.3 Å². The van der Waals surface area contributed by atoms with Gasteiger partial charge in [-0.1, -0.05) is 17.7 Å². The first-order chi connectivity index (χ1) is 8.58. The van der Waals surface area contributed by atoms with Gasteiger partial charge in [-0.25, -0.2) is 5.01 Å². The van der Waals surface area contributed by atoms with Crippen molar-refractivity contribution in [2.45, 2.75) is 6.92 Å². The molecule has 0 radical (unpaired) electrons. The van der Waals surface area contributed by atoms with Gasteiger partial charge in [0.15, 0.2) is 0 Å². The van der Waals surface area contributed by atoms with Crippen molar-refractivity contribution in [3.05, 3.63) is 34.3 Å². The van der Waals surface area contributed by atoms with Crippen LogP contribution in [0, 0.1) is 6.92 Å². The number of carbonyl (C=O) groups excluding carboxylic acids is 1. The highest BCUT2D eigenvalue weighted by Crippen LogP contribution is 2.18. The summed E-state index contributed by atoms with van der Waals surface area (Å²) < 4.78 is 0. The molecule has 0 saturated carbocycles. The number of nitrogens with one attached hydrogen (secondary N) is 1. The summed E-state index contributed by atoms with van der Waals surface area (Å²) >= 11 is 6.02. The van der Waals surface area contributed by atoms with Crippen LogP contribution in [0.15, 0.2) is 18.2 Å². The third-order valence-electron chi connectivity index (χ3n) is 3.28. The van der Waals surface area contributed by atoms with Crippen molar-refractivity contribution < 1.29 is 4.79 Å². The third-order valence-corrected chi connectivity index (χ3v) is 3.68. The zero-order valence-corrected chi connectivity index (χ0v) is 11.5. The Labute approximate surface area is 112 Å². The molecule has 4 nitrogen and oxygen atoms in total. The molecule has 5 heteroatoms. The van der Waals surface area contributed by atoms with Gasteiger partial charge in [-0.05, 0) is 31.7 Å². The van der Waals surface area contributed by atoms with Crippen LogP contribution in [0.4, 0.5) is 0 Å². The van der Waals surface area contributed by atoms with Gasteiger partial charge < -0.3 is 4.90 Å². The standard InChI is InChI=1S/C13H18ClN3O/c1-10-11(4-3-5-12(10)14)13(18)15-17-8-6-16(2)7-9-17/h3-5H,6-9H2,1-2H3,(H,15,18). The van der Waals surface area contributed by atoms with Gasteiger partial charge >= 0.3 is 0 Å². The van der Waals surface area contributed by atoms with Crippen molar-refractivity contribution in [3.63, 3.8) is 0 Å². The Morgan fingerprint density at radius 2 is 1.94 bits per heavy atom. The van der Waals surface area contributed by atoms with Gasteiger partial charge in [-0.2, -0.15) is 0 Å². The van der Waals surface area contributed by atoms with Gasteiger partial charge in [0.25, 0.3) is 5.91 Å². The highest BCUT2D eigenvalue weighted by atomic mass is 35.5. The number of carbonyl (C=O) groups is 1. The molecule has 1 aliphatic heterocycles. The first-order valence-corrected chi connectivity index (χ1v) is 6.45. The van der Waals surface area contributed by atoms with Crippen LogP contribution < -0.4 is 5.43 Å². The normalized spacial score (nSPS) is 17.7. The highest BCUT2D eigenvalue weighted by Gasteiger charge is 2.17. The zero-order chi connectivity index (χ0) is 13.1. The van der Waals surface area contributed by atoms with E-state index < -0.39 is 0 Å². The maximum absolute atomic E-state index is 12.1. The van der Waals surface area contributed by atoms with Crippen molar-refractivity contribution in [2.75, 3.05) is 33.2 Å². The lowest BCUT2D eigenvalue weighted by atomic mass is 10.1. The monoisotopic (exact) mass is 267 g/mol. The second kappa shape index (κ2) is 5.69. The lowest BCUT2D eigenvalue weighted by Crippen LogP contribution is -2.52. The SMILES string of the molecule is Cc1c(Cl)cccc1C(=O)NN1CCN(C)CC1. The molecule has 18 heavy (non-hydrogen) atoms. The number of hydrogen-bond donors (Lipinski definition) is 1. The quantitative estimate of drug-likeness (QED) is 0.883. The van der Waals surface area contributed by atoms with Crippen LogP contribution in [0.5, 0.6) is 0 Å². The van der Waals surface area contributed by atoms with E-state index in [1.807, 2.05) is 11.9 Å². The van der Waals surface area contributed by atoms with Crippen LogP contribution in [0.2, 0.25) is 5.02 Å². The maximum atomic E-state index is 12.1. The van der Waals surface area contributed by atoms with Gasteiger partial charge in [-0.3, -0.25) is 10.2 Å². The highest BCUT2D eigenvalue weighted by molar-refractivity contribution is 6.31. The molecule has 0 aliphatic carbocycles. The first-order valence-electron chi connectivity index (χ1n) is 6.07. The fraction of sp³-hybridized carbons (Fsp3) is 0.462.